The topological polar surface area (TPSA) is 69.2 Å². The molecule has 0 aromatic carbocycles. The van der Waals surface area contributed by atoms with E-state index in [2.05, 4.69) is 36.3 Å². The molecule has 0 radical (unpaired) electrons. The summed E-state index contributed by atoms with van der Waals surface area (Å²) in [6.07, 6.45) is 2.79. The number of aliphatic imine (C=N–C) groups is 1. The van der Waals surface area contributed by atoms with E-state index in [4.69, 9.17) is 9.73 Å². The van der Waals surface area contributed by atoms with Crippen molar-refractivity contribution in [1.29, 1.82) is 0 Å². The monoisotopic (exact) mass is 497 g/mol. The van der Waals surface area contributed by atoms with Crippen molar-refractivity contribution in [2.75, 3.05) is 60.0 Å². The van der Waals surface area contributed by atoms with Crippen molar-refractivity contribution in [3.8, 4) is 0 Å². The zero-order valence-corrected chi connectivity index (χ0v) is 20.1. The summed E-state index contributed by atoms with van der Waals surface area (Å²) in [7, 11) is 3.56. The maximum atomic E-state index is 11.7. The third-order valence-electron chi connectivity index (χ3n) is 5.02. The van der Waals surface area contributed by atoms with Crippen molar-refractivity contribution in [1.82, 2.24) is 20.4 Å². The Morgan fingerprint density at radius 1 is 1.15 bits per heavy atom. The summed E-state index contributed by atoms with van der Waals surface area (Å²) in [6.45, 7) is 12.3. The van der Waals surface area contributed by atoms with E-state index in [-0.39, 0.29) is 29.9 Å². The second kappa shape index (κ2) is 15.3. The molecule has 160 valence electrons. The first-order valence-corrected chi connectivity index (χ1v) is 10.1. The summed E-state index contributed by atoms with van der Waals surface area (Å²) in [6, 6.07) is 0.438. The molecule has 1 fully saturated rings. The van der Waals surface area contributed by atoms with Crippen LogP contribution in [0.5, 0.6) is 0 Å². The molecule has 0 aromatic heterocycles. The number of ether oxygens (including phenoxy) is 1. The second-order valence-corrected chi connectivity index (χ2v) is 6.98. The first-order valence-electron chi connectivity index (χ1n) is 10.1. The lowest BCUT2D eigenvalue weighted by molar-refractivity contribution is -0.128. The first kappa shape index (κ1) is 26.4. The molecule has 0 aliphatic carbocycles. The normalized spacial score (nSPS) is 16.6. The standard InChI is InChI=1S/C19H39N5O2.HI/c1-6-16(7-2)17(24-11-13-26-14-12-24)15-22-19(20-8-3)21-10-9-18(25)23(4)5;/h16-17H,6-15H2,1-5H3,(H2,20,21,22);1H. The molecule has 0 spiro atoms. The fourth-order valence-corrected chi connectivity index (χ4v) is 3.34. The van der Waals surface area contributed by atoms with E-state index < -0.39 is 0 Å². The number of guanidine groups is 1. The number of halogens is 1. The van der Waals surface area contributed by atoms with Crippen molar-refractivity contribution in [2.24, 2.45) is 10.9 Å². The number of carbonyl (C=O) groups excluding carboxylic acids is 1. The molecule has 1 amide bonds. The summed E-state index contributed by atoms with van der Waals surface area (Å²) in [4.78, 5) is 20.7. The molecule has 1 aliphatic rings. The van der Waals surface area contributed by atoms with Gasteiger partial charge < -0.3 is 20.3 Å². The van der Waals surface area contributed by atoms with Gasteiger partial charge in [0.05, 0.1) is 19.8 Å². The fourth-order valence-electron chi connectivity index (χ4n) is 3.34. The second-order valence-electron chi connectivity index (χ2n) is 6.98. The van der Waals surface area contributed by atoms with Gasteiger partial charge in [-0.2, -0.15) is 0 Å². The van der Waals surface area contributed by atoms with Crippen molar-refractivity contribution >= 4 is 35.8 Å². The Morgan fingerprint density at radius 2 is 1.78 bits per heavy atom. The van der Waals surface area contributed by atoms with Gasteiger partial charge in [-0.05, 0) is 12.8 Å². The number of morpholine rings is 1. The molecule has 0 saturated carbocycles. The highest BCUT2D eigenvalue weighted by Crippen LogP contribution is 2.20. The number of rotatable bonds is 10. The summed E-state index contributed by atoms with van der Waals surface area (Å²) in [5.74, 6) is 1.55. The van der Waals surface area contributed by atoms with Crippen LogP contribution in [0.25, 0.3) is 0 Å². The van der Waals surface area contributed by atoms with Gasteiger partial charge in [-0.25, -0.2) is 0 Å². The number of nitrogens with zero attached hydrogens (tertiary/aromatic N) is 3. The van der Waals surface area contributed by atoms with Gasteiger partial charge in [0, 0.05) is 52.7 Å². The van der Waals surface area contributed by atoms with Crippen molar-refractivity contribution in [3.63, 3.8) is 0 Å². The number of nitrogens with one attached hydrogen (secondary N) is 2. The third-order valence-corrected chi connectivity index (χ3v) is 5.02. The molecule has 8 heteroatoms. The molecule has 27 heavy (non-hydrogen) atoms. The molecule has 1 atom stereocenters. The van der Waals surface area contributed by atoms with Crippen LogP contribution in [0.4, 0.5) is 0 Å². The predicted octanol–water partition coefficient (Wildman–Crippen LogP) is 1.77. The summed E-state index contributed by atoms with van der Waals surface area (Å²) < 4.78 is 5.52. The minimum Gasteiger partial charge on any atom is -0.379 e. The van der Waals surface area contributed by atoms with Crippen LogP contribution < -0.4 is 10.6 Å². The average Bonchev–Trinajstić information content (AvgIpc) is 2.65. The third kappa shape index (κ3) is 9.94. The quantitative estimate of drug-likeness (QED) is 0.274. The molecule has 0 aromatic rings. The van der Waals surface area contributed by atoms with E-state index in [0.29, 0.717) is 24.9 Å². The Labute approximate surface area is 182 Å². The van der Waals surface area contributed by atoms with E-state index >= 15 is 0 Å². The van der Waals surface area contributed by atoms with Gasteiger partial charge in [0.15, 0.2) is 5.96 Å². The van der Waals surface area contributed by atoms with Gasteiger partial charge in [-0.3, -0.25) is 14.7 Å². The molecule has 7 nitrogen and oxygen atoms in total. The van der Waals surface area contributed by atoms with Crippen LogP contribution >= 0.6 is 24.0 Å². The van der Waals surface area contributed by atoms with Crippen molar-refractivity contribution < 1.29 is 9.53 Å². The molecule has 1 aliphatic heterocycles. The minimum atomic E-state index is 0. The van der Waals surface area contributed by atoms with E-state index in [9.17, 15) is 4.79 Å². The fraction of sp³-hybridized carbons (Fsp3) is 0.895. The maximum absolute atomic E-state index is 11.7. The summed E-state index contributed by atoms with van der Waals surface area (Å²) in [5.41, 5.74) is 0. The molecule has 1 saturated heterocycles. The van der Waals surface area contributed by atoms with E-state index in [1.807, 2.05) is 0 Å². The molecule has 2 N–H and O–H groups in total. The maximum Gasteiger partial charge on any atom is 0.223 e. The zero-order chi connectivity index (χ0) is 19.4. The van der Waals surface area contributed by atoms with Gasteiger partial charge in [0.2, 0.25) is 5.91 Å². The molecule has 1 heterocycles. The Balaban J connectivity index is 0.00000676. The number of amides is 1. The van der Waals surface area contributed by atoms with Crippen LogP contribution in [-0.2, 0) is 9.53 Å². The first-order chi connectivity index (χ1) is 12.5. The Bertz CT molecular complexity index is 424. The molecular formula is C19H40IN5O2. The lowest BCUT2D eigenvalue weighted by Crippen LogP contribution is -2.49. The SMILES string of the molecule is CCNC(=NCC(C(CC)CC)N1CCOCC1)NCCC(=O)N(C)C.I. The van der Waals surface area contributed by atoms with Gasteiger partial charge >= 0.3 is 0 Å². The predicted molar refractivity (Wildman–Crippen MR) is 123 cm³/mol. The molecular weight excluding hydrogens is 457 g/mol. The van der Waals surface area contributed by atoms with Crippen LogP contribution in [0.3, 0.4) is 0 Å². The van der Waals surface area contributed by atoms with Crippen molar-refractivity contribution in [3.05, 3.63) is 0 Å². The van der Waals surface area contributed by atoms with Crippen LogP contribution in [0.1, 0.15) is 40.0 Å². The van der Waals surface area contributed by atoms with Gasteiger partial charge in [-0.15, -0.1) is 24.0 Å². The van der Waals surface area contributed by atoms with E-state index in [1.54, 1.807) is 19.0 Å². The lowest BCUT2D eigenvalue weighted by atomic mass is 9.92. The van der Waals surface area contributed by atoms with Crippen molar-refractivity contribution in [2.45, 2.75) is 46.1 Å². The summed E-state index contributed by atoms with van der Waals surface area (Å²) in [5, 5.41) is 6.58. The largest absolute Gasteiger partial charge is 0.379 e. The zero-order valence-electron chi connectivity index (χ0n) is 17.8. The molecule has 0 bridgehead atoms. The lowest BCUT2D eigenvalue weighted by Gasteiger charge is -2.38. The van der Waals surface area contributed by atoms with E-state index in [1.165, 1.54) is 0 Å². The highest BCUT2D eigenvalue weighted by molar-refractivity contribution is 14.0. The molecule has 1 unspecified atom stereocenters. The van der Waals surface area contributed by atoms with Gasteiger partial charge in [-0.1, -0.05) is 26.7 Å². The van der Waals surface area contributed by atoms with Gasteiger partial charge in [0.1, 0.15) is 0 Å². The van der Waals surface area contributed by atoms with Crippen LogP contribution in [0.15, 0.2) is 4.99 Å². The smallest absolute Gasteiger partial charge is 0.223 e. The number of carbonyl (C=O) groups is 1. The van der Waals surface area contributed by atoms with E-state index in [0.717, 1.165) is 58.2 Å². The average molecular weight is 497 g/mol. The summed E-state index contributed by atoms with van der Waals surface area (Å²) >= 11 is 0. The minimum absolute atomic E-state index is 0. The Morgan fingerprint density at radius 3 is 2.30 bits per heavy atom. The highest BCUT2D eigenvalue weighted by Gasteiger charge is 2.26. The number of hydrogen-bond acceptors (Lipinski definition) is 4. The Kier molecular flexibility index (Phi) is 15.0. The van der Waals surface area contributed by atoms with Crippen LogP contribution in [0.2, 0.25) is 0 Å². The number of hydrogen-bond donors (Lipinski definition) is 2. The van der Waals surface area contributed by atoms with Crippen LogP contribution in [0, 0.1) is 5.92 Å². The molecule has 1 rings (SSSR count). The highest BCUT2D eigenvalue weighted by atomic mass is 127. The Hall–Kier alpha value is -0.610. The van der Waals surface area contributed by atoms with Crippen LogP contribution in [-0.4, -0.2) is 87.7 Å². The van der Waals surface area contributed by atoms with Gasteiger partial charge in [0.25, 0.3) is 0 Å².